The number of amides is 1. The Morgan fingerprint density at radius 2 is 2.12 bits per heavy atom. The molecule has 2 heterocycles. The van der Waals surface area contributed by atoms with Crippen LogP contribution in [0.5, 0.6) is 0 Å². The maximum Gasteiger partial charge on any atom is 0.219 e. The molecule has 1 saturated heterocycles. The minimum Gasteiger partial charge on any atom is -0.397 e. The highest BCUT2D eigenvalue weighted by Gasteiger charge is 2.16. The molecule has 0 atom stereocenters. The van der Waals surface area contributed by atoms with Gasteiger partial charge in [-0.2, -0.15) is 0 Å². The van der Waals surface area contributed by atoms with E-state index in [1.807, 2.05) is 17.2 Å². The molecular formula is C12H18N4O. The number of hydrogen-bond donors (Lipinski definition) is 1. The van der Waals surface area contributed by atoms with Gasteiger partial charge in [0.2, 0.25) is 5.91 Å². The maximum atomic E-state index is 11.3. The highest BCUT2D eigenvalue weighted by molar-refractivity contribution is 5.73. The highest BCUT2D eigenvalue weighted by atomic mass is 16.2. The number of nitrogen functional groups attached to an aromatic ring is 1. The molecule has 1 aromatic rings. The van der Waals surface area contributed by atoms with Gasteiger partial charge in [0.15, 0.2) is 0 Å². The third kappa shape index (κ3) is 2.87. The van der Waals surface area contributed by atoms with Crippen LogP contribution in [0, 0.1) is 0 Å². The number of rotatable bonds is 1. The first-order chi connectivity index (χ1) is 8.16. The lowest BCUT2D eigenvalue weighted by Gasteiger charge is -2.23. The SMILES string of the molecule is CC(=O)N1CCCN(c2cncc(N)c2)CC1. The standard InChI is InChI=1S/C12H18N4O/c1-10(17)15-3-2-4-16(6-5-15)12-7-11(13)8-14-9-12/h7-9H,2-6,13H2,1H3. The fourth-order valence-corrected chi connectivity index (χ4v) is 2.11. The summed E-state index contributed by atoms with van der Waals surface area (Å²) >= 11 is 0. The van der Waals surface area contributed by atoms with E-state index in [4.69, 9.17) is 5.73 Å². The fourth-order valence-electron chi connectivity index (χ4n) is 2.11. The highest BCUT2D eigenvalue weighted by Crippen LogP contribution is 2.17. The summed E-state index contributed by atoms with van der Waals surface area (Å²) < 4.78 is 0. The summed E-state index contributed by atoms with van der Waals surface area (Å²) in [4.78, 5) is 19.5. The lowest BCUT2D eigenvalue weighted by atomic mass is 10.3. The van der Waals surface area contributed by atoms with E-state index in [1.165, 1.54) is 0 Å². The van der Waals surface area contributed by atoms with Gasteiger partial charge in [0, 0.05) is 39.3 Å². The summed E-state index contributed by atoms with van der Waals surface area (Å²) in [6, 6.07) is 1.93. The van der Waals surface area contributed by atoms with E-state index in [-0.39, 0.29) is 5.91 Å². The topological polar surface area (TPSA) is 62.5 Å². The van der Waals surface area contributed by atoms with Crippen molar-refractivity contribution in [3.8, 4) is 0 Å². The van der Waals surface area contributed by atoms with E-state index >= 15 is 0 Å². The average molecular weight is 234 g/mol. The smallest absolute Gasteiger partial charge is 0.219 e. The molecule has 0 saturated carbocycles. The summed E-state index contributed by atoms with van der Waals surface area (Å²) in [6.07, 6.45) is 4.44. The van der Waals surface area contributed by atoms with Crippen molar-refractivity contribution in [3.05, 3.63) is 18.5 Å². The van der Waals surface area contributed by atoms with Gasteiger partial charge >= 0.3 is 0 Å². The van der Waals surface area contributed by atoms with Crippen molar-refractivity contribution in [2.75, 3.05) is 36.8 Å². The largest absolute Gasteiger partial charge is 0.397 e. The Kier molecular flexibility index (Phi) is 3.46. The molecule has 1 aliphatic heterocycles. The monoisotopic (exact) mass is 234 g/mol. The second-order valence-electron chi connectivity index (χ2n) is 4.32. The second kappa shape index (κ2) is 5.03. The van der Waals surface area contributed by atoms with E-state index in [9.17, 15) is 4.79 Å². The maximum absolute atomic E-state index is 11.3. The van der Waals surface area contributed by atoms with Crippen LogP contribution in [0.25, 0.3) is 0 Å². The Bertz CT molecular complexity index is 407. The number of hydrogen-bond acceptors (Lipinski definition) is 4. The van der Waals surface area contributed by atoms with Crippen molar-refractivity contribution in [2.24, 2.45) is 0 Å². The number of carbonyl (C=O) groups is 1. The molecule has 1 aliphatic rings. The Hall–Kier alpha value is -1.78. The first kappa shape index (κ1) is 11.7. The number of aromatic nitrogens is 1. The zero-order chi connectivity index (χ0) is 12.3. The Morgan fingerprint density at radius 1 is 1.29 bits per heavy atom. The van der Waals surface area contributed by atoms with E-state index in [0.29, 0.717) is 5.69 Å². The molecule has 0 spiro atoms. The summed E-state index contributed by atoms with van der Waals surface area (Å²) in [6.45, 7) is 5.00. The molecule has 92 valence electrons. The molecule has 0 aromatic carbocycles. The van der Waals surface area contributed by atoms with Gasteiger partial charge in [-0.3, -0.25) is 9.78 Å². The normalized spacial score (nSPS) is 16.8. The minimum atomic E-state index is 0.151. The first-order valence-electron chi connectivity index (χ1n) is 5.88. The van der Waals surface area contributed by atoms with Crippen molar-refractivity contribution in [1.29, 1.82) is 0 Å². The molecule has 1 fully saturated rings. The Balaban J connectivity index is 2.06. The average Bonchev–Trinajstić information content (AvgIpc) is 2.54. The van der Waals surface area contributed by atoms with Gasteiger partial charge in [0.05, 0.1) is 17.6 Å². The van der Waals surface area contributed by atoms with Crippen LogP contribution in [0.15, 0.2) is 18.5 Å². The number of nitrogens with two attached hydrogens (primary N) is 1. The lowest BCUT2D eigenvalue weighted by Crippen LogP contribution is -2.33. The fraction of sp³-hybridized carbons (Fsp3) is 0.500. The van der Waals surface area contributed by atoms with Crippen LogP contribution in [0.4, 0.5) is 11.4 Å². The van der Waals surface area contributed by atoms with E-state index < -0.39 is 0 Å². The summed E-state index contributed by atoms with van der Waals surface area (Å²) in [7, 11) is 0. The van der Waals surface area contributed by atoms with Crippen LogP contribution >= 0.6 is 0 Å². The first-order valence-corrected chi connectivity index (χ1v) is 5.88. The lowest BCUT2D eigenvalue weighted by molar-refractivity contribution is -0.128. The number of anilines is 2. The molecular weight excluding hydrogens is 216 g/mol. The van der Waals surface area contributed by atoms with Crippen LogP contribution in [0.3, 0.4) is 0 Å². The number of nitrogens with zero attached hydrogens (tertiary/aromatic N) is 3. The summed E-state index contributed by atoms with van der Waals surface area (Å²) in [5, 5.41) is 0. The third-order valence-corrected chi connectivity index (χ3v) is 3.05. The van der Waals surface area contributed by atoms with Crippen LogP contribution in [-0.4, -0.2) is 42.0 Å². The molecule has 0 radical (unpaired) electrons. The predicted molar refractivity (Wildman–Crippen MR) is 67.7 cm³/mol. The van der Waals surface area contributed by atoms with Crippen molar-refractivity contribution >= 4 is 17.3 Å². The molecule has 5 nitrogen and oxygen atoms in total. The van der Waals surface area contributed by atoms with Gasteiger partial charge in [-0.1, -0.05) is 0 Å². The number of pyridine rings is 1. The van der Waals surface area contributed by atoms with Crippen LogP contribution in [-0.2, 0) is 4.79 Å². The molecule has 5 heteroatoms. The minimum absolute atomic E-state index is 0.151. The zero-order valence-corrected chi connectivity index (χ0v) is 10.1. The molecule has 0 bridgehead atoms. The molecule has 1 amide bonds. The Morgan fingerprint density at radius 3 is 2.82 bits per heavy atom. The molecule has 17 heavy (non-hydrogen) atoms. The summed E-state index contributed by atoms with van der Waals surface area (Å²) in [5.74, 6) is 0.151. The summed E-state index contributed by atoms with van der Waals surface area (Å²) in [5.41, 5.74) is 7.44. The number of carbonyl (C=O) groups excluding carboxylic acids is 1. The van der Waals surface area contributed by atoms with Crippen LogP contribution < -0.4 is 10.6 Å². The Labute approximate surface area is 101 Å². The molecule has 1 aromatic heterocycles. The van der Waals surface area contributed by atoms with Crippen molar-refractivity contribution in [1.82, 2.24) is 9.88 Å². The van der Waals surface area contributed by atoms with E-state index in [2.05, 4.69) is 9.88 Å². The third-order valence-electron chi connectivity index (χ3n) is 3.05. The van der Waals surface area contributed by atoms with Gasteiger partial charge in [-0.05, 0) is 12.5 Å². The van der Waals surface area contributed by atoms with Crippen LogP contribution in [0.1, 0.15) is 13.3 Å². The quantitative estimate of drug-likeness (QED) is 0.778. The second-order valence-corrected chi connectivity index (χ2v) is 4.32. The van der Waals surface area contributed by atoms with Gasteiger partial charge < -0.3 is 15.5 Å². The molecule has 2 N–H and O–H groups in total. The molecule has 0 aliphatic carbocycles. The van der Waals surface area contributed by atoms with Gasteiger partial charge in [-0.15, -0.1) is 0 Å². The van der Waals surface area contributed by atoms with Gasteiger partial charge in [0.25, 0.3) is 0 Å². The van der Waals surface area contributed by atoms with Crippen LogP contribution in [0.2, 0.25) is 0 Å². The predicted octanol–water partition coefficient (Wildman–Crippen LogP) is 0.722. The van der Waals surface area contributed by atoms with Crippen molar-refractivity contribution in [2.45, 2.75) is 13.3 Å². The molecule has 0 unspecified atom stereocenters. The molecule has 2 rings (SSSR count). The van der Waals surface area contributed by atoms with Crippen molar-refractivity contribution < 1.29 is 4.79 Å². The van der Waals surface area contributed by atoms with Crippen molar-refractivity contribution in [3.63, 3.8) is 0 Å². The van der Waals surface area contributed by atoms with Gasteiger partial charge in [-0.25, -0.2) is 0 Å². The van der Waals surface area contributed by atoms with Gasteiger partial charge in [0.1, 0.15) is 0 Å². The van der Waals surface area contributed by atoms with E-state index in [1.54, 1.807) is 13.1 Å². The van der Waals surface area contributed by atoms with E-state index in [0.717, 1.165) is 38.3 Å². The zero-order valence-electron chi connectivity index (χ0n) is 10.1.